The molecule has 0 spiro atoms. The van der Waals surface area contributed by atoms with Crippen LogP contribution in [0.1, 0.15) is 43.9 Å². The van der Waals surface area contributed by atoms with Gasteiger partial charge in [-0.05, 0) is 37.0 Å². The van der Waals surface area contributed by atoms with Crippen molar-refractivity contribution in [1.29, 1.82) is 0 Å². The van der Waals surface area contributed by atoms with Crippen molar-refractivity contribution in [3.05, 3.63) is 39.8 Å². The number of hydrogen-bond donors (Lipinski definition) is 1. The van der Waals surface area contributed by atoms with E-state index in [1.807, 2.05) is 6.92 Å². The first-order chi connectivity index (χ1) is 11.4. The van der Waals surface area contributed by atoms with Crippen molar-refractivity contribution in [3.8, 4) is 0 Å². The molecule has 0 bridgehead atoms. The largest absolute Gasteiger partial charge is 0.481 e. The summed E-state index contributed by atoms with van der Waals surface area (Å²) < 4.78 is 3.42. The third-order valence-electron chi connectivity index (χ3n) is 4.19. The minimum absolute atomic E-state index is 0.0348. The topological polar surface area (TPSA) is 72.2 Å². The number of aryl methyl sites for hydroxylation is 2. The fraction of sp³-hybridized carbons (Fsp3) is 0.389. The summed E-state index contributed by atoms with van der Waals surface area (Å²) in [6.45, 7) is 6.48. The van der Waals surface area contributed by atoms with E-state index >= 15 is 0 Å². The van der Waals surface area contributed by atoms with Gasteiger partial charge in [-0.15, -0.1) is 11.3 Å². The number of nitrogens with zero attached hydrogens (tertiary/aromatic N) is 2. The van der Waals surface area contributed by atoms with Gasteiger partial charge >= 0.3 is 5.97 Å². The van der Waals surface area contributed by atoms with Gasteiger partial charge in [0.05, 0.1) is 15.8 Å². The van der Waals surface area contributed by atoms with E-state index in [4.69, 9.17) is 5.11 Å². The number of carboxylic acids is 1. The van der Waals surface area contributed by atoms with E-state index in [-0.39, 0.29) is 12.0 Å². The molecular weight excluding hydrogens is 324 g/mol. The number of carboxylic acid groups (broad SMARTS) is 1. The summed E-state index contributed by atoms with van der Waals surface area (Å²) >= 11 is 1.59. The van der Waals surface area contributed by atoms with E-state index in [0.29, 0.717) is 24.3 Å². The lowest BCUT2D eigenvalue weighted by Gasteiger charge is -2.07. The van der Waals surface area contributed by atoms with Crippen LogP contribution < -0.4 is 5.56 Å². The molecule has 24 heavy (non-hydrogen) atoms. The lowest BCUT2D eigenvalue weighted by Crippen LogP contribution is -2.24. The molecule has 5 nitrogen and oxygen atoms in total. The van der Waals surface area contributed by atoms with Crippen LogP contribution >= 0.6 is 11.3 Å². The molecule has 6 heteroatoms. The standard InChI is InChI=1S/C18H20N2O3S/c1-10(2)12-6-7-14-13(9-12)16-17(24-14)11(3)19-20(18(16)23)8-4-5-15(21)22/h6-7,9-10H,4-5,8H2,1-3H3,(H,21,22). The second kappa shape index (κ2) is 6.36. The van der Waals surface area contributed by atoms with Crippen LogP contribution in [0.25, 0.3) is 20.2 Å². The highest BCUT2D eigenvalue weighted by atomic mass is 32.1. The molecule has 0 aliphatic carbocycles. The maximum atomic E-state index is 12.9. The smallest absolute Gasteiger partial charge is 0.303 e. The van der Waals surface area contributed by atoms with Crippen LogP contribution in [-0.4, -0.2) is 20.9 Å². The van der Waals surface area contributed by atoms with Gasteiger partial charge < -0.3 is 5.11 Å². The van der Waals surface area contributed by atoms with E-state index in [1.54, 1.807) is 11.3 Å². The molecule has 126 valence electrons. The maximum absolute atomic E-state index is 12.9. The molecular formula is C18H20N2O3S. The number of fused-ring (bicyclic) bond motifs is 3. The number of benzene rings is 1. The highest BCUT2D eigenvalue weighted by molar-refractivity contribution is 7.26. The number of carbonyl (C=O) groups is 1. The van der Waals surface area contributed by atoms with E-state index < -0.39 is 5.97 Å². The van der Waals surface area contributed by atoms with Crippen molar-refractivity contribution in [1.82, 2.24) is 9.78 Å². The molecule has 1 N–H and O–H groups in total. The average molecular weight is 344 g/mol. The van der Waals surface area contributed by atoms with Gasteiger partial charge in [0.1, 0.15) is 0 Å². The van der Waals surface area contributed by atoms with Crippen molar-refractivity contribution >= 4 is 37.5 Å². The molecule has 0 atom stereocenters. The molecule has 0 saturated heterocycles. The Balaban J connectivity index is 2.18. The molecule has 3 aromatic rings. The SMILES string of the molecule is Cc1nn(CCCC(=O)O)c(=O)c2c1sc1ccc(C(C)C)cc12. The van der Waals surface area contributed by atoms with Crippen LogP contribution in [0.2, 0.25) is 0 Å². The highest BCUT2D eigenvalue weighted by Crippen LogP contribution is 2.34. The number of hydrogen-bond acceptors (Lipinski definition) is 4. The van der Waals surface area contributed by atoms with Gasteiger partial charge in [-0.25, -0.2) is 4.68 Å². The fourth-order valence-electron chi connectivity index (χ4n) is 2.87. The first-order valence-electron chi connectivity index (χ1n) is 8.04. The molecule has 0 aliphatic rings. The third kappa shape index (κ3) is 2.94. The van der Waals surface area contributed by atoms with E-state index in [9.17, 15) is 9.59 Å². The molecule has 0 amide bonds. The van der Waals surface area contributed by atoms with Crippen LogP contribution in [0, 0.1) is 6.92 Å². The summed E-state index contributed by atoms with van der Waals surface area (Å²) in [5.74, 6) is -0.464. The Morgan fingerprint density at radius 3 is 2.79 bits per heavy atom. The zero-order chi connectivity index (χ0) is 17.4. The van der Waals surface area contributed by atoms with Crippen molar-refractivity contribution in [3.63, 3.8) is 0 Å². The molecule has 0 unspecified atom stereocenters. The molecule has 0 aliphatic heterocycles. The molecule has 2 heterocycles. The van der Waals surface area contributed by atoms with Crippen LogP contribution in [0.5, 0.6) is 0 Å². The Morgan fingerprint density at radius 2 is 2.12 bits per heavy atom. The van der Waals surface area contributed by atoms with E-state index in [0.717, 1.165) is 20.5 Å². The first-order valence-corrected chi connectivity index (χ1v) is 8.86. The zero-order valence-corrected chi connectivity index (χ0v) is 14.8. The van der Waals surface area contributed by atoms with Crippen molar-refractivity contribution in [2.45, 2.75) is 46.1 Å². The van der Waals surface area contributed by atoms with Crippen LogP contribution in [0.15, 0.2) is 23.0 Å². The Morgan fingerprint density at radius 1 is 1.38 bits per heavy atom. The second-order valence-corrected chi connectivity index (χ2v) is 7.38. The Bertz CT molecular complexity index is 985. The van der Waals surface area contributed by atoms with E-state index in [2.05, 4.69) is 37.1 Å². The summed E-state index contributed by atoms with van der Waals surface area (Å²) in [5, 5.41) is 14.8. The van der Waals surface area contributed by atoms with Crippen LogP contribution in [-0.2, 0) is 11.3 Å². The summed E-state index contributed by atoms with van der Waals surface area (Å²) in [6, 6.07) is 6.28. The number of aromatic nitrogens is 2. The predicted octanol–water partition coefficient (Wildman–Crippen LogP) is 3.91. The zero-order valence-electron chi connectivity index (χ0n) is 14.0. The van der Waals surface area contributed by atoms with Crippen LogP contribution in [0.4, 0.5) is 0 Å². The maximum Gasteiger partial charge on any atom is 0.303 e. The highest BCUT2D eigenvalue weighted by Gasteiger charge is 2.15. The van der Waals surface area contributed by atoms with Gasteiger partial charge in [0.15, 0.2) is 0 Å². The minimum Gasteiger partial charge on any atom is -0.481 e. The summed E-state index contributed by atoms with van der Waals surface area (Å²) in [5.41, 5.74) is 1.88. The summed E-state index contributed by atoms with van der Waals surface area (Å²) in [6.07, 6.45) is 0.430. The minimum atomic E-state index is -0.858. The molecule has 2 aromatic heterocycles. The summed E-state index contributed by atoms with van der Waals surface area (Å²) in [4.78, 5) is 23.6. The van der Waals surface area contributed by atoms with Crippen molar-refractivity contribution < 1.29 is 9.90 Å². The molecule has 0 radical (unpaired) electrons. The first kappa shape index (κ1) is 16.6. The number of thiophene rings is 1. The second-order valence-electron chi connectivity index (χ2n) is 6.33. The van der Waals surface area contributed by atoms with Gasteiger partial charge in [0, 0.05) is 23.1 Å². The fourth-order valence-corrected chi connectivity index (χ4v) is 3.99. The van der Waals surface area contributed by atoms with Gasteiger partial charge in [-0.1, -0.05) is 19.9 Å². The van der Waals surface area contributed by atoms with Gasteiger partial charge in [-0.2, -0.15) is 5.10 Å². The van der Waals surface area contributed by atoms with Gasteiger partial charge in [0.25, 0.3) is 5.56 Å². The predicted molar refractivity (Wildman–Crippen MR) is 97.1 cm³/mol. The lowest BCUT2D eigenvalue weighted by molar-refractivity contribution is -0.137. The quantitative estimate of drug-likeness (QED) is 0.762. The lowest BCUT2D eigenvalue weighted by atomic mass is 10.0. The Labute approximate surface area is 143 Å². The van der Waals surface area contributed by atoms with E-state index in [1.165, 1.54) is 10.2 Å². The Hall–Kier alpha value is -2.21. The third-order valence-corrected chi connectivity index (χ3v) is 5.47. The molecule has 0 saturated carbocycles. The normalized spacial score (nSPS) is 11.7. The van der Waals surface area contributed by atoms with Crippen LogP contribution in [0.3, 0.4) is 0 Å². The average Bonchev–Trinajstić information content (AvgIpc) is 2.91. The molecule has 1 aromatic carbocycles. The van der Waals surface area contributed by atoms with Crippen molar-refractivity contribution in [2.75, 3.05) is 0 Å². The number of rotatable bonds is 5. The summed E-state index contributed by atoms with van der Waals surface area (Å²) in [7, 11) is 0. The Kier molecular flexibility index (Phi) is 4.41. The van der Waals surface area contributed by atoms with Gasteiger partial charge in [0.2, 0.25) is 0 Å². The monoisotopic (exact) mass is 344 g/mol. The van der Waals surface area contributed by atoms with Crippen molar-refractivity contribution in [2.24, 2.45) is 0 Å². The molecule has 3 rings (SSSR count). The molecule has 0 fully saturated rings. The van der Waals surface area contributed by atoms with Gasteiger partial charge in [-0.3, -0.25) is 9.59 Å². The number of aliphatic carboxylic acids is 1.